The van der Waals surface area contributed by atoms with Crippen LogP contribution >= 0.6 is 0 Å². The third-order valence-electron chi connectivity index (χ3n) is 8.09. The first-order chi connectivity index (χ1) is 22.0. The van der Waals surface area contributed by atoms with E-state index in [0.717, 1.165) is 39.6 Å². The van der Waals surface area contributed by atoms with Crippen molar-refractivity contribution in [2.24, 2.45) is 0 Å². The predicted octanol–water partition coefficient (Wildman–Crippen LogP) is 11.1. The Morgan fingerprint density at radius 3 is 1.94 bits per heavy atom. The van der Waals surface area contributed by atoms with Crippen molar-refractivity contribution < 1.29 is 26.2 Å². The Kier molecular flexibility index (Phi) is 11.1. The first-order valence-electron chi connectivity index (χ1n) is 15.6. The van der Waals surface area contributed by atoms with Crippen molar-refractivity contribution in [2.75, 3.05) is 4.90 Å². The van der Waals surface area contributed by atoms with Crippen molar-refractivity contribution in [1.29, 1.82) is 0 Å². The second-order valence-electron chi connectivity index (χ2n) is 13.6. The molecule has 248 valence electrons. The van der Waals surface area contributed by atoms with Crippen LogP contribution in [0, 0.1) is 6.07 Å². The fourth-order valence-corrected chi connectivity index (χ4v) is 5.41. The molecular weight excluding hydrogens is 772 g/mol. The number of aromatic hydroxyl groups is 1. The van der Waals surface area contributed by atoms with Crippen molar-refractivity contribution in [1.82, 2.24) is 15.0 Å². The molecule has 0 aliphatic rings. The number of pyridine rings is 3. The van der Waals surface area contributed by atoms with Gasteiger partial charge in [0.1, 0.15) is 11.6 Å². The van der Waals surface area contributed by atoms with Crippen LogP contribution in [0.15, 0.2) is 122 Å². The molecule has 6 rings (SSSR count). The maximum absolute atomic E-state index is 10.9. The molecule has 3 aromatic heterocycles. The van der Waals surface area contributed by atoms with Crippen molar-refractivity contribution in [2.45, 2.75) is 59.8 Å². The summed E-state index contributed by atoms with van der Waals surface area (Å²) in [5.74, 6) is 0.922. The molecular formula is C42H43N4OPt-. The van der Waals surface area contributed by atoms with E-state index in [1.54, 1.807) is 24.7 Å². The zero-order valence-corrected chi connectivity index (χ0v) is 29.9. The van der Waals surface area contributed by atoms with Gasteiger partial charge in [-0.15, -0.1) is 29.8 Å². The molecule has 5 nitrogen and oxygen atoms in total. The molecule has 3 heterocycles. The summed E-state index contributed by atoms with van der Waals surface area (Å²) < 4.78 is 0. The summed E-state index contributed by atoms with van der Waals surface area (Å²) in [6.07, 6.45) is 5.04. The van der Waals surface area contributed by atoms with Gasteiger partial charge in [0, 0.05) is 45.3 Å². The third-order valence-corrected chi connectivity index (χ3v) is 8.09. The molecule has 0 aliphatic heterocycles. The molecule has 0 aliphatic carbocycles. The fraction of sp³-hybridized carbons (Fsp3) is 0.214. The topological polar surface area (TPSA) is 62.1 Å². The van der Waals surface area contributed by atoms with Crippen molar-refractivity contribution >= 4 is 17.2 Å². The van der Waals surface area contributed by atoms with Crippen LogP contribution in [0.3, 0.4) is 0 Å². The van der Waals surface area contributed by atoms with Gasteiger partial charge in [-0.05, 0) is 80.9 Å². The predicted molar refractivity (Wildman–Crippen MR) is 195 cm³/mol. The fourth-order valence-electron chi connectivity index (χ4n) is 5.41. The number of nitrogens with zero attached hydrogens (tertiary/aromatic N) is 4. The Hall–Kier alpha value is -4.60. The largest absolute Gasteiger partial charge is 0.507 e. The van der Waals surface area contributed by atoms with Gasteiger partial charge in [-0.3, -0.25) is 9.97 Å². The van der Waals surface area contributed by atoms with E-state index in [1.165, 1.54) is 11.1 Å². The molecule has 48 heavy (non-hydrogen) atoms. The summed E-state index contributed by atoms with van der Waals surface area (Å²) in [7, 11) is 0. The van der Waals surface area contributed by atoms with Crippen molar-refractivity contribution in [3.63, 3.8) is 0 Å². The number of aromatic nitrogens is 3. The number of anilines is 3. The molecule has 0 saturated heterocycles. The van der Waals surface area contributed by atoms with Crippen LogP contribution in [0.25, 0.3) is 33.6 Å². The van der Waals surface area contributed by atoms with Gasteiger partial charge in [-0.25, -0.2) is 4.98 Å². The average molecular weight is 815 g/mol. The van der Waals surface area contributed by atoms with E-state index in [-0.39, 0.29) is 45.1 Å². The Balaban J connectivity index is 0.00000260. The molecule has 6 aromatic rings. The summed E-state index contributed by atoms with van der Waals surface area (Å²) in [6.45, 7) is 13.5. The van der Waals surface area contributed by atoms with E-state index in [1.807, 2.05) is 60.7 Å². The van der Waals surface area contributed by atoms with Crippen LogP contribution in [-0.4, -0.2) is 20.1 Å². The van der Waals surface area contributed by atoms with Gasteiger partial charge >= 0.3 is 0 Å². The minimum atomic E-state index is -0.0369. The van der Waals surface area contributed by atoms with Crippen LogP contribution in [0.2, 0.25) is 0 Å². The van der Waals surface area contributed by atoms with Gasteiger partial charge in [0.05, 0.1) is 11.3 Å². The molecule has 0 atom stereocenters. The van der Waals surface area contributed by atoms with Crippen molar-refractivity contribution in [3.8, 4) is 39.4 Å². The van der Waals surface area contributed by atoms with Crippen LogP contribution < -0.4 is 4.90 Å². The molecule has 0 amide bonds. The first kappa shape index (κ1) is 36.2. The van der Waals surface area contributed by atoms with Gasteiger partial charge in [0.15, 0.2) is 0 Å². The number of hydrogen-bond donors (Lipinski definition) is 1. The zero-order valence-electron chi connectivity index (χ0n) is 27.6. The SMILES string of the molecule is C.CC(C)(C)c1cc(-c2cc(-c3[c-]c(N(c4ccccc4)c4ccccn4)ccc3)nc(-c3cnccc3O)c2)cc(C(C)(C)C)c1.[Pt]. The molecule has 0 fully saturated rings. The van der Waals surface area contributed by atoms with E-state index in [9.17, 15) is 5.11 Å². The van der Waals surface area contributed by atoms with Gasteiger partial charge in [-0.2, -0.15) is 0 Å². The van der Waals surface area contributed by atoms with Gasteiger partial charge in [-0.1, -0.05) is 97.5 Å². The first-order valence-corrected chi connectivity index (χ1v) is 15.6. The second kappa shape index (κ2) is 14.7. The summed E-state index contributed by atoms with van der Waals surface area (Å²) in [5, 5.41) is 10.9. The van der Waals surface area contributed by atoms with Crippen LogP contribution in [-0.2, 0) is 31.9 Å². The standard InChI is InChI=1S/C41H39N4O.CH4.Pt/c1-40(2,3)31-21-29(22-32(26-31)41(4,5)6)30-24-36(44-37(25-30)35-27-42-20-18-38(35)46)28-13-12-16-34(23-28)45(33-14-8-7-9-15-33)39-17-10-11-19-43-39;;/h7-22,24-27H,1-6H3,(H,42,46);1H4;/q-1;;. The van der Waals surface area contributed by atoms with E-state index in [4.69, 9.17) is 4.98 Å². The maximum atomic E-state index is 10.9. The molecule has 0 spiro atoms. The quantitative estimate of drug-likeness (QED) is 0.170. The van der Waals surface area contributed by atoms with E-state index >= 15 is 0 Å². The Morgan fingerprint density at radius 2 is 1.31 bits per heavy atom. The maximum Gasteiger partial charge on any atom is 0.136 e. The molecule has 1 N–H and O–H groups in total. The minimum absolute atomic E-state index is 0. The average Bonchev–Trinajstić information content (AvgIpc) is 3.05. The Morgan fingerprint density at radius 1 is 0.667 bits per heavy atom. The van der Waals surface area contributed by atoms with E-state index in [2.05, 4.69) is 98.9 Å². The normalized spacial score (nSPS) is 11.3. The Bertz CT molecular complexity index is 1910. The molecule has 0 radical (unpaired) electrons. The van der Waals surface area contributed by atoms with Gasteiger partial charge in [0.2, 0.25) is 0 Å². The molecule has 0 saturated carbocycles. The summed E-state index contributed by atoms with van der Waals surface area (Å²) in [5.41, 5.74) is 9.15. The minimum Gasteiger partial charge on any atom is -0.507 e. The smallest absolute Gasteiger partial charge is 0.136 e. The zero-order chi connectivity index (χ0) is 32.5. The van der Waals surface area contributed by atoms with E-state index < -0.39 is 0 Å². The Labute approximate surface area is 300 Å². The second-order valence-corrected chi connectivity index (χ2v) is 13.6. The van der Waals surface area contributed by atoms with Crippen LogP contribution in [0.5, 0.6) is 5.75 Å². The molecule has 3 aromatic carbocycles. The van der Waals surface area contributed by atoms with Gasteiger partial charge in [0.25, 0.3) is 0 Å². The van der Waals surface area contributed by atoms with Crippen molar-refractivity contribution in [3.05, 3.63) is 139 Å². The summed E-state index contributed by atoms with van der Waals surface area (Å²) in [6, 6.07) is 38.4. The molecule has 0 bridgehead atoms. The number of rotatable bonds is 6. The molecule has 0 unspecified atom stereocenters. The number of benzene rings is 3. The van der Waals surface area contributed by atoms with Crippen LogP contribution in [0.1, 0.15) is 60.1 Å². The third kappa shape index (κ3) is 7.91. The monoisotopic (exact) mass is 814 g/mol. The summed E-state index contributed by atoms with van der Waals surface area (Å²) >= 11 is 0. The number of hydrogen-bond acceptors (Lipinski definition) is 5. The summed E-state index contributed by atoms with van der Waals surface area (Å²) in [4.78, 5) is 16.1. The van der Waals surface area contributed by atoms with E-state index in [0.29, 0.717) is 11.3 Å². The van der Waals surface area contributed by atoms with Crippen LogP contribution in [0.4, 0.5) is 17.2 Å². The van der Waals surface area contributed by atoms with Gasteiger partial charge < -0.3 is 10.0 Å². The molecule has 6 heteroatoms. The number of para-hydroxylation sites is 1.